The van der Waals surface area contributed by atoms with Crippen molar-refractivity contribution >= 4 is 31.9 Å². The summed E-state index contributed by atoms with van der Waals surface area (Å²) < 4.78 is 31.0. The van der Waals surface area contributed by atoms with E-state index in [0.29, 0.717) is 4.47 Å². The third kappa shape index (κ3) is 4.98. The molecule has 0 unspecified atom stereocenters. The highest BCUT2D eigenvalue weighted by atomic mass is 79.9. The second-order valence-electron chi connectivity index (χ2n) is 3.54. The van der Waals surface area contributed by atoms with Crippen LogP contribution in [-0.4, -0.2) is 27.0 Å². The number of rotatable bonds is 5. The van der Waals surface area contributed by atoms with Gasteiger partial charge in [-0.3, -0.25) is 4.79 Å². The lowest BCUT2D eigenvalue weighted by Crippen LogP contribution is -2.32. The second-order valence-corrected chi connectivity index (χ2v) is 6.23. The van der Waals surface area contributed by atoms with Gasteiger partial charge in [0.05, 0.1) is 4.90 Å². The van der Waals surface area contributed by atoms with Crippen molar-refractivity contribution in [1.29, 1.82) is 5.26 Å². The third-order valence-electron chi connectivity index (χ3n) is 2.00. The summed E-state index contributed by atoms with van der Waals surface area (Å²) in [5.74, 6) is -0.812. The zero-order chi connectivity index (χ0) is 14.5. The number of nitrogens with one attached hydrogen (secondary N) is 1. The van der Waals surface area contributed by atoms with Gasteiger partial charge in [0.1, 0.15) is 12.6 Å². The predicted molar refractivity (Wildman–Crippen MR) is 70.5 cm³/mol. The Morgan fingerprint density at radius 3 is 2.84 bits per heavy atom. The van der Waals surface area contributed by atoms with Crippen molar-refractivity contribution in [2.24, 2.45) is 0 Å². The summed E-state index contributed by atoms with van der Waals surface area (Å²) in [5, 5.41) is 8.45. The van der Waals surface area contributed by atoms with Gasteiger partial charge < -0.3 is 4.74 Å². The van der Waals surface area contributed by atoms with E-state index in [9.17, 15) is 13.2 Å². The lowest BCUT2D eigenvalue weighted by Gasteiger charge is -2.08. The average molecular weight is 347 g/mol. The highest BCUT2D eigenvalue weighted by molar-refractivity contribution is 9.10. The number of benzene rings is 1. The predicted octanol–water partition coefficient (Wildman–Crippen LogP) is 1.18. The van der Waals surface area contributed by atoms with Crippen molar-refractivity contribution in [3.05, 3.63) is 28.7 Å². The Hall–Kier alpha value is -1.43. The molecule has 1 aromatic rings. The van der Waals surface area contributed by atoms with E-state index >= 15 is 0 Å². The monoisotopic (exact) mass is 346 g/mol. The van der Waals surface area contributed by atoms with E-state index in [1.807, 2.05) is 0 Å². The second kappa shape index (κ2) is 6.65. The number of sulfonamides is 1. The average Bonchev–Trinajstić information content (AvgIpc) is 2.36. The quantitative estimate of drug-likeness (QED) is 0.807. The molecule has 0 radical (unpaired) electrons. The van der Waals surface area contributed by atoms with Gasteiger partial charge >= 0.3 is 5.97 Å². The summed E-state index contributed by atoms with van der Waals surface area (Å²) in [6.07, 6.45) is -0.914. The molecule has 8 heteroatoms. The molecule has 1 aromatic carbocycles. The van der Waals surface area contributed by atoms with Crippen LogP contribution in [0.15, 0.2) is 33.6 Å². The van der Waals surface area contributed by atoms with Gasteiger partial charge in [0.15, 0.2) is 6.10 Å². The van der Waals surface area contributed by atoms with Gasteiger partial charge in [-0.25, -0.2) is 8.42 Å². The molecule has 0 aromatic heterocycles. The summed E-state index contributed by atoms with van der Waals surface area (Å²) in [6.45, 7) is 0.863. The first-order valence-electron chi connectivity index (χ1n) is 5.19. The topological polar surface area (TPSA) is 96.3 Å². The fraction of sp³-hybridized carbons (Fsp3) is 0.273. The fourth-order valence-electron chi connectivity index (χ4n) is 1.14. The lowest BCUT2D eigenvalue weighted by atomic mass is 10.4. The van der Waals surface area contributed by atoms with Crippen molar-refractivity contribution < 1.29 is 17.9 Å². The molecule has 0 amide bonds. The molecule has 0 bridgehead atoms. The Morgan fingerprint density at radius 2 is 2.26 bits per heavy atom. The molecule has 0 spiro atoms. The van der Waals surface area contributed by atoms with Crippen LogP contribution in [0.25, 0.3) is 0 Å². The minimum atomic E-state index is -3.78. The van der Waals surface area contributed by atoms with E-state index in [0.717, 1.165) is 0 Å². The van der Waals surface area contributed by atoms with Crippen molar-refractivity contribution in [3.63, 3.8) is 0 Å². The maximum absolute atomic E-state index is 11.8. The molecule has 0 saturated carbocycles. The Labute approximate surface area is 119 Å². The first-order valence-corrected chi connectivity index (χ1v) is 7.47. The number of carbonyl (C=O) groups is 1. The molecule has 0 fully saturated rings. The van der Waals surface area contributed by atoms with Crippen LogP contribution in [0.3, 0.4) is 0 Å². The van der Waals surface area contributed by atoms with Gasteiger partial charge in [-0.05, 0) is 25.1 Å². The first kappa shape index (κ1) is 15.6. The van der Waals surface area contributed by atoms with Gasteiger partial charge in [-0.2, -0.15) is 9.98 Å². The molecule has 1 rings (SSSR count). The number of hydrogen-bond acceptors (Lipinski definition) is 5. The van der Waals surface area contributed by atoms with Crippen LogP contribution in [0.1, 0.15) is 6.92 Å². The SMILES string of the molecule is C[C@@H](C#N)OC(=O)CNS(=O)(=O)c1cccc(Br)c1. The smallest absolute Gasteiger partial charge is 0.322 e. The maximum Gasteiger partial charge on any atom is 0.322 e. The summed E-state index contributed by atoms with van der Waals surface area (Å²) in [4.78, 5) is 11.3. The van der Waals surface area contributed by atoms with E-state index < -0.39 is 28.6 Å². The van der Waals surface area contributed by atoms with Crippen LogP contribution in [0, 0.1) is 11.3 Å². The summed E-state index contributed by atoms with van der Waals surface area (Å²) in [6, 6.07) is 7.76. The number of ether oxygens (including phenoxy) is 1. The number of nitrogens with zero attached hydrogens (tertiary/aromatic N) is 1. The van der Waals surface area contributed by atoms with Gasteiger partial charge in [0, 0.05) is 4.47 Å². The summed E-state index contributed by atoms with van der Waals surface area (Å²) in [5.41, 5.74) is 0. The largest absolute Gasteiger partial charge is 0.446 e. The van der Waals surface area contributed by atoms with Crippen LogP contribution in [0.2, 0.25) is 0 Å². The zero-order valence-corrected chi connectivity index (χ0v) is 12.4. The molecule has 1 N–H and O–H groups in total. The highest BCUT2D eigenvalue weighted by Crippen LogP contribution is 2.15. The molecule has 19 heavy (non-hydrogen) atoms. The standard InChI is InChI=1S/C11H11BrN2O4S/c1-8(6-13)18-11(15)7-14-19(16,17)10-4-2-3-9(12)5-10/h2-5,8,14H,7H2,1H3/t8-/m0/s1. The van der Waals surface area contributed by atoms with E-state index in [1.54, 1.807) is 18.2 Å². The van der Waals surface area contributed by atoms with Crippen molar-refractivity contribution in [2.45, 2.75) is 17.9 Å². The maximum atomic E-state index is 11.8. The number of esters is 1. The van der Waals surface area contributed by atoms with Crippen molar-refractivity contribution in [2.75, 3.05) is 6.54 Å². The third-order valence-corrected chi connectivity index (χ3v) is 3.90. The lowest BCUT2D eigenvalue weighted by molar-refractivity contribution is -0.144. The van der Waals surface area contributed by atoms with Crippen LogP contribution in [0.4, 0.5) is 0 Å². The first-order chi connectivity index (χ1) is 8.85. The Morgan fingerprint density at radius 1 is 1.58 bits per heavy atom. The molecular weight excluding hydrogens is 336 g/mol. The number of halogens is 1. The van der Waals surface area contributed by atoms with Crippen LogP contribution in [-0.2, 0) is 19.6 Å². The summed E-state index contributed by atoms with van der Waals surface area (Å²) in [7, 11) is -3.78. The number of carbonyl (C=O) groups excluding carboxylic acids is 1. The summed E-state index contributed by atoms with van der Waals surface area (Å²) >= 11 is 3.16. The minimum Gasteiger partial charge on any atom is -0.446 e. The van der Waals surface area contributed by atoms with Crippen molar-refractivity contribution in [1.82, 2.24) is 4.72 Å². The molecule has 0 aliphatic carbocycles. The number of hydrogen-bond donors (Lipinski definition) is 1. The van der Waals surface area contributed by atoms with Gasteiger partial charge in [0.2, 0.25) is 10.0 Å². The molecule has 0 aliphatic heterocycles. The minimum absolute atomic E-state index is 0.0306. The van der Waals surface area contributed by atoms with Crippen LogP contribution in [0.5, 0.6) is 0 Å². The van der Waals surface area contributed by atoms with E-state index in [2.05, 4.69) is 25.4 Å². The van der Waals surface area contributed by atoms with Gasteiger partial charge in [-0.1, -0.05) is 22.0 Å². The highest BCUT2D eigenvalue weighted by Gasteiger charge is 2.17. The molecule has 102 valence electrons. The van der Waals surface area contributed by atoms with Gasteiger partial charge in [-0.15, -0.1) is 0 Å². The van der Waals surface area contributed by atoms with E-state index in [4.69, 9.17) is 5.26 Å². The molecule has 0 heterocycles. The molecular formula is C11H11BrN2O4S. The van der Waals surface area contributed by atoms with Crippen molar-refractivity contribution in [3.8, 4) is 6.07 Å². The molecule has 6 nitrogen and oxygen atoms in total. The molecule has 0 aliphatic rings. The normalized spacial score (nSPS) is 12.5. The van der Waals surface area contributed by atoms with Crippen LogP contribution < -0.4 is 4.72 Å². The molecule has 1 atom stereocenters. The van der Waals surface area contributed by atoms with E-state index in [-0.39, 0.29) is 4.90 Å². The van der Waals surface area contributed by atoms with E-state index in [1.165, 1.54) is 19.1 Å². The fourth-order valence-corrected chi connectivity index (χ4v) is 2.70. The van der Waals surface area contributed by atoms with Gasteiger partial charge in [0.25, 0.3) is 0 Å². The Balaban J connectivity index is 2.67. The molecule has 0 saturated heterocycles. The zero-order valence-electron chi connectivity index (χ0n) is 9.96. The Kier molecular flexibility index (Phi) is 5.47. The Bertz CT molecular complexity index is 609. The number of nitriles is 1. The van der Waals surface area contributed by atoms with Crippen LogP contribution >= 0.6 is 15.9 Å².